The number of hydrogen-bond acceptors (Lipinski definition) is 13. The Labute approximate surface area is 544 Å². The van der Waals surface area contributed by atoms with E-state index in [-0.39, 0.29) is 43.3 Å². The number of amides is 2. The molecule has 2 N–H and O–H groups in total. The molecule has 0 saturated heterocycles. The number of nitrogens with two attached hydrogens (primary N) is 1. The Bertz CT molecular complexity index is 3500. The van der Waals surface area contributed by atoms with Crippen LogP contribution in [0.15, 0.2) is 134 Å². The van der Waals surface area contributed by atoms with Gasteiger partial charge in [0.2, 0.25) is 0 Å². The lowest BCUT2D eigenvalue weighted by Crippen LogP contribution is -2.38. The van der Waals surface area contributed by atoms with E-state index in [1.807, 2.05) is 94.1 Å². The summed E-state index contributed by atoms with van der Waals surface area (Å²) in [4.78, 5) is 84.4. The fourth-order valence-corrected chi connectivity index (χ4v) is 13.6. The van der Waals surface area contributed by atoms with Gasteiger partial charge in [0.25, 0.3) is 17.5 Å². The van der Waals surface area contributed by atoms with Gasteiger partial charge in [-0.3, -0.25) is 29.3 Å². The lowest BCUT2D eigenvalue weighted by atomic mass is 9.71. The van der Waals surface area contributed by atoms with Crippen LogP contribution < -0.4 is 5.73 Å². The van der Waals surface area contributed by atoms with Crippen LogP contribution in [-0.4, -0.2) is 82.7 Å². The number of nitro groups is 1. The first-order valence-electron chi connectivity index (χ1n) is 33.4. The fourth-order valence-electron chi connectivity index (χ4n) is 13.6. The summed E-state index contributed by atoms with van der Waals surface area (Å²) in [6.45, 7) is 15.3. The zero-order valence-corrected chi connectivity index (χ0v) is 55.3. The molecule has 16 nitrogen and oxygen atoms in total. The number of esters is 2. The van der Waals surface area contributed by atoms with Crippen molar-refractivity contribution in [3.05, 3.63) is 177 Å². The van der Waals surface area contributed by atoms with E-state index in [2.05, 4.69) is 36.0 Å². The second-order valence-electron chi connectivity index (χ2n) is 27.8. The molecule has 10 rings (SSSR count). The van der Waals surface area contributed by atoms with Crippen LogP contribution in [0, 0.1) is 45.6 Å². The summed E-state index contributed by atoms with van der Waals surface area (Å²) in [6.07, 6.45) is 33.5. The SMILES string of the molecule is CCC1CCC(C2CC=C(c3cnc(-c4ccc(CN(CC(=O)OC(C)(C)C)C(=O)c5ccc(N)cc5)cc4)nc3)CC2)CC1.CCC1CCC(C2CC=C(c3cnc(-c4ccc(CN(CC(=O)OC(C)(C)C)C(=O)c5ccc([N+](=O)[O-])cc5)cc4)nc3)CC2)CC1. The van der Waals surface area contributed by atoms with Crippen molar-refractivity contribution in [1.29, 1.82) is 0 Å². The van der Waals surface area contributed by atoms with E-state index in [4.69, 9.17) is 25.2 Å². The van der Waals surface area contributed by atoms with Gasteiger partial charge in [0, 0.05) is 89.1 Å². The number of non-ortho nitro benzene ring substituents is 1. The van der Waals surface area contributed by atoms with Crippen LogP contribution >= 0.6 is 0 Å². The average molecular weight is 1250 g/mol. The largest absolute Gasteiger partial charge is 0.459 e. The number of carbonyl (C=O) groups is 4. The number of ether oxygens (including phenoxy) is 2. The summed E-state index contributed by atoms with van der Waals surface area (Å²) >= 11 is 0. The van der Waals surface area contributed by atoms with Crippen molar-refractivity contribution in [2.24, 2.45) is 35.5 Å². The number of rotatable bonds is 19. The maximum atomic E-state index is 13.4. The van der Waals surface area contributed by atoms with Crippen LogP contribution in [-0.2, 0) is 32.2 Å². The van der Waals surface area contributed by atoms with Crippen molar-refractivity contribution in [3.63, 3.8) is 0 Å². The molecule has 2 atom stereocenters. The Morgan fingerprint density at radius 1 is 0.500 bits per heavy atom. The predicted molar refractivity (Wildman–Crippen MR) is 362 cm³/mol. The highest BCUT2D eigenvalue weighted by molar-refractivity contribution is 5.97. The summed E-state index contributed by atoms with van der Waals surface area (Å²) in [6, 6.07) is 27.4. The number of aromatic nitrogens is 4. The van der Waals surface area contributed by atoms with Crippen molar-refractivity contribution in [3.8, 4) is 22.8 Å². The normalized spacial score (nSPS) is 20.0. The lowest BCUT2D eigenvalue weighted by Gasteiger charge is -2.35. The van der Waals surface area contributed by atoms with E-state index in [1.165, 1.54) is 129 Å². The summed E-state index contributed by atoms with van der Waals surface area (Å²) in [5.74, 6) is 4.88. The minimum Gasteiger partial charge on any atom is -0.459 e. The highest BCUT2D eigenvalue weighted by Crippen LogP contribution is 2.43. The molecule has 2 saturated carbocycles. The molecule has 4 aliphatic rings. The number of nitro benzene ring substituents is 1. The molecular formula is C76H94N8O8. The van der Waals surface area contributed by atoms with Gasteiger partial charge in [-0.2, -0.15) is 0 Å². The molecule has 2 heterocycles. The number of carbonyl (C=O) groups excluding carboxylic acids is 4. The Morgan fingerprint density at radius 3 is 1.17 bits per heavy atom. The van der Waals surface area contributed by atoms with Crippen molar-refractivity contribution in [1.82, 2.24) is 29.7 Å². The van der Waals surface area contributed by atoms with Gasteiger partial charge in [-0.25, -0.2) is 19.9 Å². The molecule has 0 radical (unpaired) electrons. The maximum absolute atomic E-state index is 13.4. The molecule has 2 unspecified atom stereocenters. The monoisotopic (exact) mass is 1250 g/mol. The zero-order chi connectivity index (χ0) is 65.5. The van der Waals surface area contributed by atoms with Crippen LogP contribution in [0.4, 0.5) is 11.4 Å². The van der Waals surface area contributed by atoms with Crippen LogP contribution in [0.2, 0.25) is 0 Å². The minimum absolute atomic E-state index is 0.116. The molecule has 16 heteroatoms. The minimum atomic E-state index is -0.709. The van der Waals surface area contributed by atoms with Crippen molar-refractivity contribution >= 4 is 46.3 Å². The fraction of sp³-hybridized carbons (Fsp3) is 0.474. The highest BCUT2D eigenvalue weighted by Gasteiger charge is 2.31. The molecule has 4 aromatic carbocycles. The van der Waals surface area contributed by atoms with Crippen molar-refractivity contribution < 1.29 is 33.6 Å². The van der Waals surface area contributed by atoms with Crippen LogP contribution in [0.3, 0.4) is 0 Å². The predicted octanol–water partition coefficient (Wildman–Crippen LogP) is 16.5. The number of nitrogen functional groups attached to an aromatic ring is 1. The Hall–Kier alpha value is -8.40. The van der Waals surface area contributed by atoms with Crippen LogP contribution in [0.25, 0.3) is 33.9 Å². The number of allylic oxidation sites excluding steroid dienone is 4. The smallest absolute Gasteiger partial charge is 0.326 e. The first kappa shape index (κ1) is 68.0. The first-order valence-corrected chi connectivity index (χ1v) is 33.4. The molecule has 2 amide bonds. The summed E-state index contributed by atoms with van der Waals surface area (Å²) in [5, 5.41) is 11.1. The molecule has 6 aromatic rings. The highest BCUT2D eigenvalue weighted by atomic mass is 16.6. The molecule has 0 bridgehead atoms. The number of anilines is 1. The second-order valence-corrected chi connectivity index (χ2v) is 27.8. The summed E-state index contributed by atoms with van der Waals surface area (Å²) in [7, 11) is 0. The third kappa shape index (κ3) is 19.3. The molecular weight excluding hydrogens is 1150 g/mol. The van der Waals surface area contributed by atoms with E-state index in [9.17, 15) is 29.3 Å². The van der Waals surface area contributed by atoms with Gasteiger partial charge in [0.05, 0.1) is 4.92 Å². The van der Waals surface area contributed by atoms with Crippen LogP contribution in [0.1, 0.15) is 201 Å². The van der Waals surface area contributed by atoms with Gasteiger partial charge >= 0.3 is 11.9 Å². The van der Waals surface area contributed by atoms with Gasteiger partial charge in [-0.05, 0) is 200 Å². The van der Waals surface area contributed by atoms with E-state index in [0.29, 0.717) is 22.9 Å². The molecule has 4 aliphatic carbocycles. The lowest BCUT2D eigenvalue weighted by molar-refractivity contribution is -0.384. The Kier molecular flexibility index (Phi) is 23.1. The van der Waals surface area contributed by atoms with Gasteiger partial charge in [-0.1, -0.05) is 113 Å². The number of nitrogens with zero attached hydrogens (tertiary/aromatic N) is 7. The summed E-state index contributed by atoms with van der Waals surface area (Å²) < 4.78 is 11.0. The molecule has 486 valence electrons. The molecule has 2 fully saturated rings. The van der Waals surface area contributed by atoms with Crippen molar-refractivity contribution in [2.45, 2.75) is 182 Å². The molecule has 0 aliphatic heterocycles. The molecule has 2 aromatic heterocycles. The Morgan fingerprint density at radius 2 is 0.859 bits per heavy atom. The van der Waals surface area contributed by atoms with Gasteiger partial charge < -0.3 is 25.0 Å². The molecule has 92 heavy (non-hydrogen) atoms. The summed E-state index contributed by atoms with van der Waals surface area (Å²) in [5.41, 5.74) is 13.9. The standard InChI is InChI=1S/C38H46N4O5.C38H48N4O3/c1-5-26-6-10-28(11-7-26)29-14-16-30(17-15-29)33-22-39-36(40-23-33)31-12-8-27(9-13-31)24-41(25-35(43)47-38(2,3)4)37(44)32-18-20-34(21-19-32)42(45)46;1-5-26-6-10-28(11-7-26)29-14-16-30(17-15-29)33-22-40-36(41-23-33)31-12-8-27(9-13-31)24-42(25-35(43)45-38(2,3)4)37(44)32-18-20-34(39)21-19-32/h8-9,12-13,16,18-23,26,28-29H,5-7,10-11,14-15,17,24-25H2,1-4H3;8-9,12-13,16,18-23,26,28-29H,5-7,10-11,14-15,17,24-25,39H2,1-4H3. The van der Waals surface area contributed by atoms with Gasteiger partial charge in [-0.15, -0.1) is 0 Å². The topological polar surface area (TPSA) is 214 Å². The second kappa shape index (κ2) is 31.3. The van der Waals surface area contributed by atoms with Gasteiger partial charge in [0.15, 0.2) is 11.6 Å². The zero-order valence-electron chi connectivity index (χ0n) is 55.3. The van der Waals surface area contributed by atoms with Gasteiger partial charge in [0.1, 0.15) is 24.3 Å². The molecule has 0 spiro atoms. The van der Waals surface area contributed by atoms with E-state index >= 15 is 0 Å². The van der Waals surface area contributed by atoms with E-state index < -0.39 is 34.0 Å². The third-order valence-corrected chi connectivity index (χ3v) is 18.9. The maximum Gasteiger partial charge on any atom is 0.326 e. The third-order valence-electron chi connectivity index (χ3n) is 18.9. The quantitative estimate of drug-likeness (QED) is 0.0346. The first-order chi connectivity index (χ1) is 44.1. The van der Waals surface area contributed by atoms with Crippen molar-refractivity contribution in [2.75, 3.05) is 18.8 Å². The van der Waals surface area contributed by atoms with E-state index in [1.54, 1.807) is 45.0 Å². The number of hydrogen-bond donors (Lipinski definition) is 1. The number of benzene rings is 4. The average Bonchev–Trinajstić information content (AvgIpc) is 1.77. The Balaban J connectivity index is 0.000000218. The van der Waals surface area contributed by atoms with E-state index in [0.717, 1.165) is 88.2 Å². The van der Waals surface area contributed by atoms with Crippen LogP contribution in [0.5, 0.6) is 0 Å².